The van der Waals surface area contributed by atoms with Gasteiger partial charge >= 0.3 is 0 Å². The predicted octanol–water partition coefficient (Wildman–Crippen LogP) is 3.42. The minimum absolute atomic E-state index is 0.357. The van der Waals surface area contributed by atoms with Gasteiger partial charge in [0, 0.05) is 0 Å². The maximum Gasteiger partial charge on any atom is 0.159 e. The van der Waals surface area contributed by atoms with Gasteiger partial charge in [0.25, 0.3) is 0 Å². The summed E-state index contributed by atoms with van der Waals surface area (Å²) in [5, 5.41) is 0.491. The number of hydrogen-bond acceptors (Lipinski definition) is 2. The third-order valence-electron chi connectivity index (χ3n) is 1.75. The van der Waals surface area contributed by atoms with Crippen LogP contribution >= 0.6 is 27.5 Å². The van der Waals surface area contributed by atoms with Crippen molar-refractivity contribution in [1.82, 2.24) is 0 Å². The molecule has 0 aliphatic carbocycles. The number of aryl methyl sites for hydroxylation is 1. The van der Waals surface area contributed by atoms with E-state index in [0.29, 0.717) is 11.8 Å². The number of rotatable bonds is 0. The van der Waals surface area contributed by atoms with Gasteiger partial charge in [-0.3, -0.25) is 0 Å². The molecule has 1 heterocycles. The Balaban J connectivity index is 2.61. The number of benzene rings is 1. The maximum absolute atomic E-state index is 5.76. The van der Waals surface area contributed by atoms with Crippen molar-refractivity contribution in [2.24, 2.45) is 4.99 Å². The average molecular weight is 261 g/mol. The van der Waals surface area contributed by atoms with Gasteiger partial charge in [0.1, 0.15) is 17.5 Å². The standard InChI is InChI=1S/C9H7BrClNO/c1-5-2-6(10)9-7(3-5)12-8(11)4-13-9/h2-3H,4H2,1H3. The van der Waals surface area contributed by atoms with Gasteiger partial charge in [0.2, 0.25) is 0 Å². The summed E-state index contributed by atoms with van der Waals surface area (Å²) in [6.45, 7) is 2.36. The Morgan fingerprint density at radius 3 is 3.08 bits per heavy atom. The molecule has 2 nitrogen and oxygen atoms in total. The number of fused-ring (bicyclic) bond motifs is 1. The fourth-order valence-corrected chi connectivity index (χ4v) is 2.06. The van der Waals surface area contributed by atoms with E-state index in [2.05, 4.69) is 20.9 Å². The van der Waals surface area contributed by atoms with E-state index in [1.807, 2.05) is 19.1 Å². The molecule has 1 aromatic carbocycles. The lowest BCUT2D eigenvalue weighted by Crippen LogP contribution is -2.09. The molecule has 1 aliphatic rings. The molecule has 1 aliphatic heterocycles. The lowest BCUT2D eigenvalue weighted by atomic mass is 10.2. The first-order valence-corrected chi connectivity index (χ1v) is 5.00. The van der Waals surface area contributed by atoms with Crippen LogP contribution in [0.2, 0.25) is 0 Å². The van der Waals surface area contributed by atoms with Crippen LogP contribution in [0.5, 0.6) is 5.75 Å². The highest BCUT2D eigenvalue weighted by molar-refractivity contribution is 9.10. The highest BCUT2D eigenvalue weighted by atomic mass is 79.9. The molecule has 0 fully saturated rings. The fraction of sp³-hybridized carbons (Fsp3) is 0.222. The maximum atomic E-state index is 5.76. The molecule has 0 radical (unpaired) electrons. The highest BCUT2D eigenvalue weighted by Gasteiger charge is 2.14. The summed E-state index contributed by atoms with van der Waals surface area (Å²) in [4.78, 5) is 4.19. The van der Waals surface area contributed by atoms with Gasteiger partial charge in [0.05, 0.1) is 4.47 Å². The third-order valence-corrected chi connectivity index (χ3v) is 2.53. The zero-order valence-electron chi connectivity index (χ0n) is 6.97. The van der Waals surface area contributed by atoms with Gasteiger partial charge < -0.3 is 4.74 Å². The Kier molecular flexibility index (Phi) is 2.30. The normalized spacial score (nSPS) is 14.5. The number of hydrogen-bond donors (Lipinski definition) is 0. The Morgan fingerprint density at radius 2 is 2.31 bits per heavy atom. The second-order valence-corrected chi connectivity index (χ2v) is 4.16. The topological polar surface area (TPSA) is 21.6 Å². The third kappa shape index (κ3) is 1.71. The second kappa shape index (κ2) is 3.31. The van der Waals surface area contributed by atoms with Gasteiger partial charge in [0.15, 0.2) is 5.75 Å². The molecule has 2 rings (SSSR count). The molecule has 0 saturated carbocycles. The average Bonchev–Trinajstić information content (AvgIpc) is 2.02. The van der Waals surface area contributed by atoms with Crippen molar-refractivity contribution >= 4 is 38.4 Å². The van der Waals surface area contributed by atoms with E-state index in [1.165, 1.54) is 0 Å². The summed E-state index contributed by atoms with van der Waals surface area (Å²) in [7, 11) is 0. The Labute approximate surface area is 89.7 Å². The van der Waals surface area contributed by atoms with E-state index >= 15 is 0 Å². The van der Waals surface area contributed by atoms with Gasteiger partial charge in [-0.1, -0.05) is 11.6 Å². The van der Waals surface area contributed by atoms with Gasteiger partial charge in [-0.2, -0.15) is 0 Å². The van der Waals surface area contributed by atoms with E-state index < -0.39 is 0 Å². The monoisotopic (exact) mass is 259 g/mol. The molecule has 0 N–H and O–H groups in total. The van der Waals surface area contributed by atoms with Crippen molar-refractivity contribution in [3.05, 3.63) is 22.2 Å². The predicted molar refractivity (Wildman–Crippen MR) is 57.3 cm³/mol. The van der Waals surface area contributed by atoms with E-state index in [4.69, 9.17) is 16.3 Å². The number of ether oxygens (including phenoxy) is 1. The zero-order valence-corrected chi connectivity index (χ0v) is 9.32. The lowest BCUT2D eigenvalue weighted by molar-refractivity contribution is 0.372. The summed E-state index contributed by atoms with van der Waals surface area (Å²) < 4.78 is 6.34. The van der Waals surface area contributed by atoms with Crippen LogP contribution in [0.3, 0.4) is 0 Å². The van der Waals surface area contributed by atoms with Crippen molar-refractivity contribution in [1.29, 1.82) is 0 Å². The lowest BCUT2D eigenvalue weighted by Gasteiger charge is -2.15. The SMILES string of the molecule is Cc1cc(Br)c2c(c1)N=C(Cl)CO2. The van der Waals surface area contributed by atoms with Crippen LogP contribution in [0.25, 0.3) is 0 Å². The van der Waals surface area contributed by atoms with Crippen molar-refractivity contribution < 1.29 is 4.74 Å². The molecule has 0 spiro atoms. The van der Waals surface area contributed by atoms with E-state index in [0.717, 1.165) is 21.5 Å². The number of halogens is 2. The zero-order chi connectivity index (χ0) is 9.42. The molecule has 0 unspecified atom stereocenters. The van der Waals surface area contributed by atoms with Crippen molar-refractivity contribution in [3.63, 3.8) is 0 Å². The van der Waals surface area contributed by atoms with Crippen molar-refractivity contribution in [2.75, 3.05) is 6.61 Å². The van der Waals surface area contributed by atoms with E-state index in [-0.39, 0.29) is 0 Å². The van der Waals surface area contributed by atoms with Crippen LogP contribution < -0.4 is 4.74 Å². The summed E-state index contributed by atoms with van der Waals surface area (Å²) in [5.74, 6) is 0.773. The van der Waals surface area contributed by atoms with Gasteiger partial charge in [-0.05, 0) is 40.5 Å². The minimum atomic E-state index is 0.357. The van der Waals surface area contributed by atoms with Crippen LogP contribution in [0.15, 0.2) is 21.6 Å². The molecule has 0 amide bonds. The van der Waals surface area contributed by atoms with Gasteiger partial charge in [-0.25, -0.2) is 4.99 Å². The van der Waals surface area contributed by atoms with Crippen molar-refractivity contribution in [3.8, 4) is 5.75 Å². The minimum Gasteiger partial charge on any atom is -0.483 e. The summed E-state index contributed by atoms with van der Waals surface area (Å²) >= 11 is 9.17. The Hall–Kier alpha value is -0.540. The van der Waals surface area contributed by atoms with Crippen LogP contribution in [0, 0.1) is 6.92 Å². The smallest absolute Gasteiger partial charge is 0.159 e. The Morgan fingerprint density at radius 1 is 1.54 bits per heavy atom. The summed E-state index contributed by atoms with van der Waals surface area (Å²) in [6, 6.07) is 3.94. The first-order valence-electron chi connectivity index (χ1n) is 3.83. The van der Waals surface area contributed by atoms with Crippen LogP contribution in [0.1, 0.15) is 5.56 Å². The molecule has 0 atom stereocenters. The number of aliphatic imine (C=N–C) groups is 1. The quantitative estimate of drug-likeness (QED) is 0.700. The molecule has 4 heteroatoms. The first-order chi connectivity index (χ1) is 6.16. The largest absolute Gasteiger partial charge is 0.483 e. The van der Waals surface area contributed by atoms with Crippen molar-refractivity contribution in [2.45, 2.75) is 6.92 Å². The molecular formula is C9H7BrClNO. The summed E-state index contributed by atoms with van der Waals surface area (Å²) in [5.41, 5.74) is 1.92. The molecule has 68 valence electrons. The first kappa shape index (κ1) is 9.03. The second-order valence-electron chi connectivity index (χ2n) is 2.87. The summed E-state index contributed by atoms with van der Waals surface area (Å²) in [6.07, 6.45) is 0. The number of nitrogens with zero attached hydrogens (tertiary/aromatic N) is 1. The molecule has 0 saturated heterocycles. The van der Waals surface area contributed by atoms with Crippen LogP contribution in [-0.4, -0.2) is 11.8 Å². The molecule has 0 aromatic heterocycles. The fourth-order valence-electron chi connectivity index (χ4n) is 1.23. The van der Waals surface area contributed by atoms with E-state index in [1.54, 1.807) is 0 Å². The molecule has 0 bridgehead atoms. The molecular weight excluding hydrogens is 253 g/mol. The molecule has 13 heavy (non-hydrogen) atoms. The van der Waals surface area contributed by atoms with Crippen LogP contribution in [-0.2, 0) is 0 Å². The van der Waals surface area contributed by atoms with E-state index in [9.17, 15) is 0 Å². The van der Waals surface area contributed by atoms with Crippen LogP contribution in [0.4, 0.5) is 5.69 Å². The van der Waals surface area contributed by atoms with Gasteiger partial charge in [-0.15, -0.1) is 0 Å². The highest BCUT2D eigenvalue weighted by Crippen LogP contribution is 2.38. The Bertz CT molecular complexity index is 389. The molecule has 1 aromatic rings.